The van der Waals surface area contributed by atoms with Crippen molar-refractivity contribution in [1.82, 2.24) is 4.98 Å². The van der Waals surface area contributed by atoms with Crippen LogP contribution < -0.4 is 4.74 Å². The van der Waals surface area contributed by atoms with Crippen molar-refractivity contribution in [2.45, 2.75) is 12.3 Å². The van der Waals surface area contributed by atoms with Crippen LogP contribution in [0.1, 0.15) is 11.1 Å². The van der Waals surface area contributed by atoms with Crippen molar-refractivity contribution in [2.24, 2.45) is 0 Å². The van der Waals surface area contributed by atoms with Crippen LogP contribution in [0.3, 0.4) is 0 Å². The fourth-order valence-corrected chi connectivity index (χ4v) is 1.51. The van der Waals surface area contributed by atoms with Gasteiger partial charge in [-0.25, -0.2) is 4.98 Å². The Kier molecular flexibility index (Phi) is 2.88. The molecular formula is C8H10BrNO. The van der Waals surface area contributed by atoms with E-state index in [1.54, 1.807) is 13.3 Å². The summed E-state index contributed by atoms with van der Waals surface area (Å²) in [6, 6.07) is 1.98. The third-order valence-corrected chi connectivity index (χ3v) is 2.21. The van der Waals surface area contributed by atoms with Crippen molar-refractivity contribution in [3.05, 3.63) is 23.4 Å². The van der Waals surface area contributed by atoms with Gasteiger partial charge in [0.15, 0.2) is 0 Å². The molecule has 11 heavy (non-hydrogen) atoms. The number of alkyl halides is 1. The Bertz CT molecular complexity index is 228. The van der Waals surface area contributed by atoms with E-state index < -0.39 is 0 Å². The Labute approximate surface area is 74.7 Å². The van der Waals surface area contributed by atoms with Crippen LogP contribution in [0.15, 0.2) is 12.3 Å². The van der Waals surface area contributed by atoms with E-state index in [1.165, 1.54) is 5.56 Å². The topological polar surface area (TPSA) is 22.1 Å². The van der Waals surface area contributed by atoms with E-state index >= 15 is 0 Å². The van der Waals surface area contributed by atoms with Gasteiger partial charge < -0.3 is 4.74 Å². The number of nitrogens with zero attached hydrogens (tertiary/aromatic N) is 1. The molecule has 0 amide bonds. The minimum atomic E-state index is 0.710. The van der Waals surface area contributed by atoms with Crippen LogP contribution in [0.25, 0.3) is 0 Å². The maximum atomic E-state index is 5.06. The highest BCUT2D eigenvalue weighted by molar-refractivity contribution is 9.08. The highest BCUT2D eigenvalue weighted by Crippen LogP contribution is 2.19. The minimum absolute atomic E-state index is 0.710. The first-order chi connectivity index (χ1) is 5.29. The lowest BCUT2D eigenvalue weighted by atomic mass is 10.2. The third-order valence-electron chi connectivity index (χ3n) is 1.61. The Morgan fingerprint density at radius 1 is 1.64 bits per heavy atom. The molecule has 0 saturated carbocycles. The van der Waals surface area contributed by atoms with Gasteiger partial charge in [-0.2, -0.15) is 0 Å². The average molecular weight is 216 g/mol. The van der Waals surface area contributed by atoms with E-state index in [4.69, 9.17) is 4.74 Å². The molecule has 1 aromatic rings. The highest BCUT2D eigenvalue weighted by atomic mass is 79.9. The molecule has 0 atom stereocenters. The molecule has 1 rings (SSSR count). The average Bonchev–Trinajstić information content (AvgIpc) is 2.05. The number of rotatable bonds is 2. The van der Waals surface area contributed by atoms with Crippen molar-refractivity contribution in [1.29, 1.82) is 0 Å². The lowest BCUT2D eigenvalue weighted by Gasteiger charge is -2.05. The minimum Gasteiger partial charge on any atom is -0.481 e. The monoisotopic (exact) mass is 215 g/mol. The summed E-state index contributed by atoms with van der Waals surface area (Å²) in [7, 11) is 1.63. The predicted molar refractivity (Wildman–Crippen MR) is 48.2 cm³/mol. The molecule has 1 heterocycles. The molecule has 1 aromatic heterocycles. The lowest BCUT2D eigenvalue weighted by molar-refractivity contribution is 0.394. The quantitative estimate of drug-likeness (QED) is 0.707. The summed E-state index contributed by atoms with van der Waals surface area (Å²) in [6.45, 7) is 2.00. The maximum absolute atomic E-state index is 5.06. The maximum Gasteiger partial charge on any atom is 0.216 e. The van der Waals surface area contributed by atoms with Gasteiger partial charge in [0.05, 0.1) is 7.11 Å². The number of halogens is 1. The zero-order valence-electron chi connectivity index (χ0n) is 6.60. The molecule has 0 aliphatic rings. The van der Waals surface area contributed by atoms with Gasteiger partial charge in [-0.1, -0.05) is 15.9 Å². The van der Waals surface area contributed by atoms with Crippen molar-refractivity contribution < 1.29 is 4.74 Å². The van der Waals surface area contributed by atoms with E-state index in [-0.39, 0.29) is 0 Å². The van der Waals surface area contributed by atoms with Crippen LogP contribution in [0.5, 0.6) is 5.88 Å². The molecule has 0 aliphatic carbocycles. The number of pyridine rings is 1. The van der Waals surface area contributed by atoms with Gasteiger partial charge in [0, 0.05) is 17.1 Å². The van der Waals surface area contributed by atoms with E-state index in [2.05, 4.69) is 20.9 Å². The molecule has 0 spiro atoms. The normalized spacial score (nSPS) is 9.73. The molecule has 0 fully saturated rings. The zero-order valence-corrected chi connectivity index (χ0v) is 8.18. The Hall–Kier alpha value is -0.570. The molecule has 0 saturated heterocycles. The number of methoxy groups -OCH3 is 1. The smallest absolute Gasteiger partial charge is 0.216 e. The van der Waals surface area contributed by atoms with Crippen molar-refractivity contribution in [3.63, 3.8) is 0 Å². The van der Waals surface area contributed by atoms with E-state index in [0.717, 1.165) is 10.9 Å². The zero-order chi connectivity index (χ0) is 8.27. The molecule has 2 nitrogen and oxygen atoms in total. The van der Waals surface area contributed by atoms with Gasteiger partial charge in [0.25, 0.3) is 0 Å². The first kappa shape index (κ1) is 8.53. The molecule has 3 heteroatoms. The SMILES string of the molecule is COc1nccc(CBr)c1C. The van der Waals surface area contributed by atoms with Crippen LogP contribution in [-0.2, 0) is 5.33 Å². The summed E-state index contributed by atoms with van der Waals surface area (Å²) < 4.78 is 5.06. The second-order valence-electron chi connectivity index (χ2n) is 2.24. The second kappa shape index (κ2) is 3.72. The predicted octanol–water partition coefficient (Wildman–Crippen LogP) is 2.29. The fraction of sp³-hybridized carbons (Fsp3) is 0.375. The van der Waals surface area contributed by atoms with Crippen LogP contribution in [-0.4, -0.2) is 12.1 Å². The fourth-order valence-electron chi connectivity index (χ4n) is 0.905. The molecule has 0 unspecified atom stereocenters. The third kappa shape index (κ3) is 1.71. The van der Waals surface area contributed by atoms with Crippen LogP contribution in [0.4, 0.5) is 0 Å². The van der Waals surface area contributed by atoms with Crippen LogP contribution >= 0.6 is 15.9 Å². The first-order valence-corrected chi connectivity index (χ1v) is 4.46. The summed E-state index contributed by atoms with van der Waals surface area (Å²) in [5, 5.41) is 0.845. The number of hydrogen-bond acceptors (Lipinski definition) is 2. The Balaban J connectivity index is 3.10. The molecule has 0 aliphatic heterocycles. The largest absolute Gasteiger partial charge is 0.481 e. The summed E-state index contributed by atoms with van der Waals surface area (Å²) in [6.07, 6.45) is 1.75. The van der Waals surface area contributed by atoms with E-state index in [9.17, 15) is 0 Å². The molecule has 0 radical (unpaired) electrons. The van der Waals surface area contributed by atoms with Gasteiger partial charge >= 0.3 is 0 Å². The van der Waals surface area contributed by atoms with Crippen molar-refractivity contribution in [2.75, 3.05) is 7.11 Å². The summed E-state index contributed by atoms with van der Waals surface area (Å²) in [5.41, 5.74) is 2.32. The van der Waals surface area contributed by atoms with E-state index in [0.29, 0.717) is 5.88 Å². The van der Waals surface area contributed by atoms with Gasteiger partial charge in [0.2, 0.25) is 5.88 Å². The van der Waals surface area contributed by atoms with E-state index in [1.807, 2.05) is 13.0 Å². The molecular weight excluding hydrogens is 206 g/mol. The summed E-state index contributed by atoms with van der Waals surface area (Å²) >= 11 is 3.39. The number of ether oxygens (including phenoxy) is 1. The van der Waals surface area contributed by atoms with Crippen LogP contribution in [0, 0.1) is 6.92 Å². The molecule has 0 N–H and O–H groups in total. The lowest BCUT2D eigenvalue weighted by Crippen LogP contribution is -1.93. The van der Waals surface area contributed by atoms with Gasteiger partial charge in [0.1, 0.15) is 0 Å². The first-order valence-electron chi connectivity index (χ1n) is 3.34. The van der Waals surface area contributed by atoms with Crippen molar-refractivity contribution in [3.8, 4) is 5.88 Å². The molecule has 0 aromatic carbocycles. The van der Waals surface area contributed by atoms with Gasteiger partial charge in [-0.05, 0) is 18.6 Å². The summed E-state index contributed by atoms with van der Waals surface area (Å²) in [4.78, 5) is 4.06. The van der Waals surface area contributed by atoms with Gasteiger partial charge in [-0.15, -0.1) is 0 Å². The Morgan fingerprint density at radius 2 is 2.36 bits per heavy atom. The highest BCUT2D eigenvalue weighted by Gasteiger charge is 2.02. The van der Waals surface area contributed by atoms with Crippen molar-refractivity contribution >= 4 is 15.9 Å². The Morgan fingerprint density at radius 3 is 2.91 bits per heavy atom. The molecule has 60 valence electrons. The second-order valence-corrected chi connectivity index (χ2v) is 2.80. The number of aromatic nitrogens is 1. The molecule has 0 bridgehead atoms. The summed E-state index contributed by atoms with van der Waals surface area (Å²) in [5.74, 6) is 0.710. The number of hydrogen-bond donors (Lipinski definition) is 0. The van der Waals surface area contributed by atoms with Gasteiger partial charge in [-0.3, -0.25) is 0 Å². The standard InChI is InChI=1S/C8H10BrNO/c1-6-7(5-9)3-4-10-8(6)11-2/h3-4H,5H2,1-2H3. The van der Waals surface area contributed by atoms with Crippen LogP contribution in [0.2, 0.25) is 0 Å².